The second-order valence-electron chi connectivity index (χ2n) is 8.61. The summed E-state index contributed by atoms with van der Waals surface area (Å²) in [6.45, 7) is 9.36. The Labute approximate surface area is 193 Å². The average Bonchev–Trinajstić information content (AvgIpc) is 3.56. The fourth-order valence-corrected chi connectivity index (χ4v) is 3.73. The first-order chi connectivity index (χ1) is 14.9. The van der Waals surface area contributed by atoms with Gasteiger partial charge in [0.1, 0.15) is 5.82 Å². The molecule has 31 heavy (non-hydrogen) atoms. The minimum atomic E-state index is -0.0705. The van der Waals surface area contributed by atoms with Gasteiger partial charge >= 0.3 is 6.03 Å². The largest absolute Gasteiger partial charge is 0.341 e. The van der Waals surface area contributed by atoms with Crippen LogP contribution in [0.15, 0.2) is 43.0 Å². The van der Waals surface area contributed by atoms with Crippen molar-refractivity contribution >= 4 is 18.8 Å². The molecule has 0 saturated heterocycles. The number of nitrogens with one attached hydrogen (secondary N) is 1. The van der Waals surface area contributed by atoms with E-state index < -0.39 is 0 Å². The number of thiol groups is 1. The van der Waals surface area contributed by atoms with Crippen LogP contribution in [0, 0.1) is 11.7 Å². The van der Waals surface area contributed by atoms with Crippen molar-refractivity contribution in [1.82, 2.24) is 10.2 Å². The Morgan fingerprint density at radius 3 is 2.61 bits per heavy atom. The summed E-state index contributed by atoms with van der Waals surface area (Å²) in [6.07, 6.45) is 13.1. The van der Waals surface area contributed by atoms with E-state index in [9.17, 15) is 9.18 Å². The monoisotopic (exact) mass is 449 g/mol. The van der Waals surface area contributed by atoms with Crippen molar-refractivity contribution in [2.24, 2.45) is 11.1 Å². The number of allylic oxidation sites excluding steroid dienone is 1. The van der Waals surface area contributed by atoms with Crippen LogP contribution in [0.3, 0.4) is 0 Å². The zero-order valence-electron chi connectivity index (χ0n) is 19.4. The number of hydrogen-bond acceptors (Lipinski definition) is 3. The first kappa shape index (κ1) is 27.2. The highest BCUT2D eigenvalue weighted by Crippen LogP contribution is 2.52. The molecule has 0 heterocycles. The van der Waals surface area contributed by atoms with Crippen molar-refractivity contribution < 1.29 is 9.18 Å². The van der Waals surface area contributed by atoms with E-state index >= 15 is 0 Å². The van der Waals surface area contributed by atoms with Gasteiger partial charge in [-0.1, -0.05) is 44.2 Å². The minimum Gasteiger partial charge on any atom is -0.341 e. The van der Waals surface area contributed by atoms with Gasteiger partial charge in [-0.05, 0) is 73.5 Å². The molecule has 1 aromatic rings. The Kier molecular flexibility index (Phi) is 12.6. The van der Waals surface area contributed by atoms with Crippen LogP contribution < -0.4 is 10.5 Å². The van der Waals surface area contributed by atoms with Gasteiger partial charge in [0.05, 0.1) is 0 Å². The minimum absolute atomic E-state index is 0.0598. The number of aryl methyl sites for hydroxylation is 1. The van der Waals surface area contributed by atoms with E-state index in [0.717, 1.165) is 37.7 Å². The number of hydrogen-bond donors (Lipinski definition) is 3. The maximum Gasteiger partial charge on any atom is 0.317 e. The molecule has 1 saturated carbocycles. The maximum absolute atomic E-state index is 14.2. The lowest BCUT2D eigenvalue weighted by Crippen LogP contribution is -2.38. The van der Waals surface area contributed by atoms with Crippen LogP contribution in [0.5, 0.6) is 0 Å². The van der Waals surface area contributed by atoms with Gasteiger partial charge in [0, 0.05) is 20.1 Å². The van der Waals surface area contributed by atoms with Gasteiger partial charge in [0.25, 0.3) is 0 Å². The van der Waals surface area contributed by atoms with Crippen LogP contribution in [0.2, 0.25) is 0 Å². The average molecular weight is 450 g/mol. The van der Waals surface area contributed by atoms with E-state index in [1.807, 2.05) is 12.1 Å². The van der Waals surface area contributed by atoms with Crippen molar-refractivity contribution in [3.05, 3.63) is 60.0 Å². The molecule has 1 aliphatic rings. The first-order valence-corrected chi connectivity index (χ1v) is 11.7. The van der Waals surface area contributed by atoms with E-state index in [1.165, 1.54) is 18.4 Å². The molecule has 0 atom stereocenters. The fraction of sp³-hybridized carbons (Fsp3) is 0.560. The lowest BCUT2D eigenvalue weighted by atomic mass is 9.88. The first-order valence-electron chi connectivity index (χ1n) is 11.2. The Balaban J connectivity index is 0.00000233. The molecule has 1 aromatic carbocycles. The summed E-state index contributed by atoms with van der Waals surface area (Å²) in [7, 11) is 1.65. The molecular formula is C25H40FN3OS. The molecule has 4 nitrogen and oxygen atoms in total. The molecule has 0 radical (unpaired) electrons. The molecule has 3 N–H and O–H groups in total. The molecule has 2 amide bonds. The maximum atomic E-state index is 14.2. The SMILES string of the molecule is C=CCCN(C/C=C/CCC1(c2ccc(F)c(CCC(C)C)c2)CC1)C(=O)NC.NS. The summed E-state index contributed by atoms with van der Waals surface area (Å²) in [5.74, 6) is 0.512. The zero-order chi connectivity index (χ0) is 23.3. The van der Waals surface area contributed by atoms with Gasteiger partial charge in [-0.3, -0.25) is 5.14 Å². The predicted molar refractivity (Wildman–Crippen MR) is 133 cm³/mol. The van der Waals surface area contributed by atoms with Crippen LogP contribution in [0.25, 0.3) is 0 Å². The summed E-state index contributed by atoms with van der Waals surface area (Å²) >= 11 is 3.03. The number of benzene rings is 1. The third kappa shape index (κ3) is 9.08. The van der Waals surface area contributed by atoms with E-state index in [0.29, 0.717) is 19.0 Å². The number of carbonyl (C=O) groups excluding carboxylic acids is 1. The van der Waals surface area contributed by atoms with Gasteiger partial charge < -0.3 is 10.2 Å². The molecule has 1 fully saturated rings. The lowest BCUT2D eigenvalue weighted by Gasteiger charge is -2.20. The Hall–Kier alpha value is -1.79. The van der Waals surface area contributed by atoms with Crippen molar-refractivity contribution in [2.75, 3.05) is 20.1 Å². The number of nitrogens with two attached hydrogens (primary N) is 1. The van der Waals surface area contributed by atoms with E-state index in [4.69, 9.17) is 0 Å². The van der Waals surface area contributed by atoms with Gasteiger partial charge in [0.15, 0.2) is 0 Å². The summed E-state index contributed by atoms with van der Waals surface area (Å²) in [5.41, 5.74) is 2.37. The smallest absolute Gasteiger partial charge is 0.317 e. The summed E-state index contributed by atoms with van der Waals surface area (Å²) in [4.78, 5) is 13.7. The molecule has 0 aromatic heterocycles. The highest BCUT2D eigenvalue weighted by atomic mass is 32.1. The third-order valence-corrected chi connectivity index (χ3v) is 5.89. The fourth-order valence-electron chi connectivity index (χ4n) is 3.73. The lowest BCUT2D eigenvalue weighted by molar-refractivity contribution is 0.206. The van der Waals surface area contributed by atoms with E-state index in [-0.39, 0.29) is 17.3 Å². The number of halogens is 1. The van der Waals surface area contributed by atoms with Crippen LogP contribution in [-0.4, -0.2) is 31.1 Å². The summed E-state index contributed by atoms with van der Waals surface area (Å²) in [5, 5.41) is 6.88. The van der Waals surface area contributed by atoms with Crippen LogP contribution in [0.1, 0.15) is 63.5 Å². The number of nitrogens with zero attached hydrogens (tertiary/aromatic N) is 1. The van der Waals surface area contributed by atoms with Gasteiger partial charge in [-0.25, -0.2) is 9.18 Å². The topological polar surface area (TPSA) is 58.4 Å². The predicted octanol–water partition coefficient (Wildman–Crippen LogP) is 5.79. The molecule has 6 heteroatoms. The second-order valence-corrected chi connectivity index (χ2v) is 8.61. The van der Waals surface area contributed by atoms with Crippen molar-refractivity contribution in [3.8, 4) is 0 Å². The third-order valence-electron chi connectivity index (χ3n) is 5.89. The molecule has 174 valence electrons. The second kappa shape index (κ2) is 14.3. The molecule has 0 bridgehead atoms. The van der Waals surface area contributed by atoms with Gasteiger partial charge in [-0.2, -0.15) is 0 Å². The molecule has 0 aliphatic heterocycles. The standard InChI is InChI=1S/C25H37FN2O.H3NS/c1-5-6-17-28(24(29)27-4)18-9-7-8-14-25(15-16-25)22-12-13-23(26)21(19-22)11-10-20(2)3;1-2/h5,7,9,12-13,19-20H,1,6,8,10-11,14-18H2,2-4H3,(H,27,29);2H,1H2/b9-7+;. The van der Waals surface area contributed by atoms with Crippen LogP contribution in [-0.2, 0) is 11.8 Å². The normalized spacial score (nSPS) is 14.2. The number of carbonyl (C=O) groups is 1. The van der Waals surface area contributed by atoms with E-state index in [2.05, 4.69) is 61.9 Å². The van der Waals surface area contributed by atoms with Crippen LogP contribution >= 0.6 is 12.8 Å². The van der Waals surface area contributed by atoms with Crippen LogP contribution in [0.4, 0.5) is 9.18 Å². The highest BCUT2D eigenvalue weighted by Gasteiger charge is 2.43. The molecule has 1 aliphatic carbocycles. The molecular weight excluding hydrogens is 409 g/mol. The number of rotatable bonds is 12. The Morgan fingerprint density at radius 2 is 2.03 bits per heavy atom. The van der Waals surface area contributed by atoms with E-state index in [1.54, 1.807) is 18.0 Å². The Bertz CT molecular complexity index is 717. The van der Waals surface area contributed by atoms with Gasteiger partial charge in [0.2, 0.25) is 0 Å². The Morgan fingerprint density at radius 1 is 1.32 bits per heavy atom. The summed E-state index contributed by atoms with van der Waals surface area (Å²) < 4.78 is 14.2. The van der Waals surface area contributed by atoms with Crippen molar-refractivity contribution in [2.45, 2.75) is 64.2 Å². The quantitative estimate of drug-likeness (QED) is 0.279. The molecule has 0 spiro atoms. The van der Waals surface area contributed by atoms with Crippen molar-refractivity contribution in [1.29, 1.82) is 0 Å². The van der Waals surface area contributed by atoms with Gasteiger partial charge in [-0.15, -0.1) is 19.4 Å². The zero-order valence-corrected chi connectivity index (χ0v) is 20.3. The molecule has 2 rings (SSSR count). The molecule has 0 unspecified atom stereocenters. The number of amides is 2. The van der Waals surface area contributed by atoms with Crippen molar-refractivity contribution in [3.63, 3.8) is 0 Å². The summed E-state index contributed by atoms with van der Waals surface area (Å²) in [6, 6.07) is 5.68. The number of urea groups is 1. The highest BCUT2D eigenvalue weighted by molar-refractivity contribution is 7.77.